The summed E-state index contributed by atoms with van der Waals surface area (Å²) in [5.41, 5.74) is -0.331. The van der Waals surface area contributed by atoms with E-state index < -0.39 is 0 Å². The number of likely N-dealkylation sites (N-methyl/N-ethyl adjacent to an activating group) is 1. The molecule has 0 amide bonds. The van der Waals surface area contributed by atoms with Crippen LogP contribution < -0.4 is 5.32 Å². The van der Waals surface area contributed by atoms with Crippen molar-refractivity contribution in [1.82, 2.24) is 5.32 Å². The van der Waals surface area contributed by atoms with E-state index in [1.807, 2.05) is 13.8 Å². The van der Waals surface area contributed by atoms with Gasteiger partial charge >= 0.3 is 0 Å². The van der Waals surface area contributed by atoms with Gasteiger partial charge in [0.25, 0.3) is 0 Å². The van der Waals surface area contributed by atoms with Crippen LogP contribution in [-0.4, -0.2) is 50.7 Å². The van der Waals surface area contributed by atoms with Gasteiger partial charge in [0, 0.05) is 7.11 Å². The fourth-order valence-electron chi connectivity index (χ4n) is 1.02. The molecule has 80 valence electrons. The molecule has 0 spiro atoms. The summed E-state index contributed by atoms with van der Waals surface area (Å²) in [5.74, 6) is 0. The molecule has 0 fully saturated rings. The molecule has 0 heterocycles. The van der Waals surface area contributed by atoms with E-state index in [4.69, 9.17) is 14.6 Å². The van der Waals surface area contributed by atoms with Crippen molar-refractivity contribution in [2.75, 3.05) is 40.1 Å². The third-order valence-electron chi connectivity index (χ3n) is 1.80. The molecule has 0 aromatic rings. The van der Waals surface area contributed by atoms with E-state index in [0.717, 1.165) is 6.54 Å². The predicted octanol–water partition coefficient (Wildman–Crippen LogP) is 0.00990. The minimum absolute atomic E-state index is 0.0772. The van der Waals surface area contributed by atoms with Gasteiger partial charge in [-0.15, -0.1) is 0 Å². The van der Waals surface area contributed by atoms with Crippen molar-refractivity contribution in [1.29, 1.82) is 0 Å². The number of hydrogen-bond donors (Lipinski definition) is 2. The number of nitrogens with one attached hydrogen (secondary N) is 1. The van der Waals surface area contributed by atoms with Crippen LogP contribution in [0.1, 0.15) is 13.8 Å². The van der Waals surface area contributed by atoms with Crippen LogP contribution in [-0.2, 0) is 9.47 Å². The number of aliphatic hydroxyl groups excluding tert-OH is 1. The molecular formula is C9H21NO3. The van der Waals surface area contributed by atoms with Gasteiger partial charge in [0.1, 0.15) is 0 Å². The number of rotatable bonds is 8. The molecular weight excluding hydrogens is 170 g/mol. The Labute approximate surface area is 80.2 Å². The summed E-state index contributed by atoms with van der Waals surface area (Å²) in [6, 6.07) is 0. The quantitative estimate of drug-likeness (QED) is 0.531. The van der Waals surface area contributed by atoms with Gasteiger partial charge in [-0.2, -0.15) is 0 Å². The third-order valence-corrected chi connectivity index (χ3v) is 1.80. The average Bonchev–Trinajstić information content (AvgIpc) is 2.13. The molecule has 13 heavy (non-hydrogen) atoms. The Hall–Kier alpha value is -0.160. The summed E-state index contributed by atoms with van der Waals surface area (Å²) in [4.78, 5) is 0. The maximum atomic E-state index is 9.10. The lowest BCUT2D eigenvalue weighted by Crippen LogP contribution is -2.49. The van der Waals surface area contributed by atoms with Gasteiger partial charge in [0.15, 0.2) is 0 Å². The Morgan fingerprint density at radius 2 is 2.08 bits per heavy atom. The van der Waals surface area contributed by atoms with Crippen molar-refractivity contribution in [2.45, 2.75) is 19.4 Å². The zero-order valence-corrected chi connectivity index (χ0v) is 8.80. The van der Waals surface area contributed by atoms with Crippen LogP contribution in [0.25, 0.3) is 0 Å². The molecule has 0 aliphatic heterocycles. The summed E-state index contributed by atoms with van der Waals surface area (Å²) < 4.78 is 10.2. The normalized spacial score (nSPS) is 15.7. The van der Waals surface area contributed by atoms with Gasteiger partial charge in [-0.25, -0.2) is 0 Å². The molecule has 0 bridgehead atoms. The molecule has 0 saturated carbocycles. The summed E-state index contributed by atoms with van der Waals surface area (Å²) in [7, 11) is 1.64. The first-order chi connectivity index (χ1) is 6.18. The van der Waals surface area contributed by atoms with Crippen LogP contribution in [0.2, 0.25) is 0 Å². The first-order valence-corrected chi connectivity index (χ1v) is 4.61. The SMILES string of the molecule is CCNC(C)(CO)COCCOC. The van der Waals surface area contributed by atoms with E-state index in [1.165, 1.54) is 0 Å². The highest BCUT2D eigenvalue weighted by molar-refractivity contribution is 4.81. The molecule has 4 heteroatoms. The van der Waals surface area contributed by atoms with Crippen molar-refractivity contribution in [3.8, 4) is 0 Å². The summed E-state index contributed by atoms with van der Waals surface area (Å²) >= 11 is 0. The Balaban J connectivity index is 3.57. The Kier molecular flexibility index (Phi) is 7.17. The second-order valence-corrected chi connectivity index (χ2v) is 3.29. The van der Waals surface area contributed by atoms with Crippen molar-refractivity contribution < 1.29 is 14.6 Å². The number of ether oxygens (including phenoxy) is 2. The van der Waals surface area contributed by atoms with Gasteiger partial charge < -0.3 is 19.9 Å². The summed E-state index contributed by atoms with van der Waals surface area (Å²) in [6.07, 6.45) is 0. The van der Waals surface area contributed by atoms with E-state index in [2.05, 4.69) is 5.32 Å². The topological polar surface area (TPSA) is 50.7 Å². The first-order valence-electron chi connectivity index (χ1n) is 4.61. The van der Waals surface area contributed by atoms with E-state index in [-0.39, 0.29) is 12.1 Å². The van der Waals surface area contributed by atoms with Crippen molar-refractivity contribution in [3.05, 3.63) is 0 Å². The van der Waals surface area contributed by atoms with Crippen molar-refractivity contribution >= 4 is 0 Å². The smallest absolute Gasteiger partial charge is 0.0701 e. The number of methoxy groups -OCH3 is 1. The Morgan fingerprint density at radius 1 is 1.38 bits per heavy atom. The van der Waals surface area contributed by atoms with Gasteiger partial charge in [0.05, 0.1) is 32.0 Å². The minimum Gasteiger partial charge on any atom is -0.394 e. The summed E-state index contributed by atoms with van der Waals surface area (Å²) in [5, 5.41) is 12.3. The van der Waals surface area contributed by atoms with Gasteiger partial charge in [0.2, 0.25) is 0 Å². The second kappa shape index (κ2) is 7.26. The third kappa shape index (κ3) is 5.99. The molecule has 0 saturated heterocycles. The van der Waals surface area contributed by atoms with Gasteiger partial charge in [-0.05, 0) is 13.5 Å². The molecule has 0 aliphatic carbocycles. The predicted molar refractivity (Wildman–Crippen MR) is 51.9 cm³/mol. The van der Waals surface area contributed by atoms with Crippen LogP contribution in [0, 0.1) is 0 Å². The molecule has 0 aliphatic rings. The molecule has 0 radical (unpaired) electrons. The highest BCUT2D eigenvalue weighted by atomic mass is 16.5. The standard InChI is InChI=1S/C9H21NO3/c1-4-10-9(2,7-11)8-13-6-5-12-3/h10-11H,4-8H2,1-3H3. The average molecular weight is 191 g/mol. The molecule has 1 unspecified atom stereocenters. The Morgan fingerprint density at radius 3 is 2.54 bits per heavy atom. The van der Waals surface area contributed by atoms with Gasteiger partial charge in [-0.3, -0.25) is 0 Å². The highest BCUT2D eigenvalue weighted by Gasteiger charge is 2.21. The lowest BCUT2D eigenvalue weighted by molar-refractivity contribution is 0.0195. The van der Waals surface area contributed by atoms with Crippen LogP contribution in [0.15, 0.2) is 0 Å². The lowest BCUT2D eigenvalue weighted by Gasteiger charge is -2.27. The largest absolute Gasteiger partial charge is 0.394 e. The first kappa shape index (κ1) is 12.8. The molecule has 0 aromatic carbocycles. The Bertz CT molecular complexity index is 121. The molecule has 2 N–H and O–H groups in total. The molecule has 0 aromatic heterocycles. The van der Waals surface area contributed by atoms with E-state index in [0.29, 0.717) is 19.8 Å². The fourth-order valence-corrected chi connectivity index (χ4v) is 1.02. The lowest BCUT2D eigenvalue weighted by atomic mass is 10.1. The van der Waals surface area contributed by atoms with Gasteiger partial charge in [-0.1, -0.05) is 6.92 Å². The van der Waals surface area contributed by atoms with E-state index in [9.17, 15) is 0 Å². The molecule has 4 nitrogen and oxygen atoms in total. The molecule has 0 rings (SSSR count). The minimum atomic E-state index is -0.331. The zero-order chi connectivity index (χ0) is 10.2. The maximum Gasteiger partial charge on any atom is 0.0701 e. The zero-order valence-electron chi connectivity index (χ0n) is 8.80. The van der Waals surface area contributed by atoms with Crippen LogP contribution in [0.5, 0.6) is 0 Å². The number of hydrogen-bond acceptors (Lipinski definition) is 4. The highest BCUT2D eigenvalue weighted by Crippen LogP contribution is 2.02. The van der Waals surface area contributed by atoms with Crippen LogP contribution in [0.4, 0.5) is 0 Å². The molecule has 1 atom stereocenters. The van der Waals surface area contributed by atoms with E-state index in [1.54, 1.807) is 7.11 Å². The fraction of sp³-hybridized carbons (Fsp3) is 1.00. The van der Waals surface area contributed by atoms with Crippen molar-refractivity contribution in [2.24, 2.45) is 0 Å². The summed E-state index contributed by atoms with van der Waals surface area (Å²) in [6.45, 7) is 6.50. The van der Waals surface area contributed by atoms with Crippen LogP contribution >= 0.6 is 0 Å². The second-order valence-electron chi connectivity index (χ2n) is 3.29. The maximum absolute atomic E-state index is 9.10. The monoisotopic (exact) mass is 191 g/mol. The van der Waals surface area contributed by atoms with E-state index >= 15 is 0 Å². The number of aliphatic hydroxyl groups is 1. The van der Waals surface area contributed by atoms with Crippen molar-refractivity contribution in [3.63, 3.8) is 0 Å². The van der Waals surface area contributed by atoms with Crippen LogP contribution in [0.3, 0.4) is 0 Å².